The smallest absolute Gasteiger partial charge is 0.134 e. The highest BCUT2D eigenvalue weighted by Crippen LogP contribution is 2.23. The first-order valence-electron chi connectivity index (χ1n) is 6.06. The molecule has 0 saturated heterocycles. The van der Waals surface area contributed by atoms with E-state index in [1.165, 1.54) is 5.56 Å². The minimum atomic E-state index is 0.220. The van der Waals surface area contributed by atoms with E-state index in [4.69, 9.17) is 4.42 Å². The first-order valence-corrected chi connectivity index (χ1v) is 7.00. The number of furan rings is 1. The second-order valence-electron chi connectivity index (χ2n) is 4.42. The molecule has 0 aliphatic heterocycles. The van der Waals surface area contributed by atoms with Crippen LogP contribution in [0.25, 0.3) is 11.0 Å². The molecule has 2 heterocycles. The van der Waals surface area contributed by atoms with Crippen molar-refractivity contribution < 1.29 is 4.42 Å². The summed E-state index contributed by atoms with van der Waals surface area (Å²) in [5.74, 6) is 0.992. The van der Waals surface area contributed by atoms with E-state index in [0.717, 1.165) is 23.3 Å². The third-order valence-corrected chi connectivity index (χ3v) is 3.80. The molecule has 0 spiro atoms. The monoisotopic (exact) mass is 257 g/mol. The van der Waals surface area contributed by atoms with Crippen LogP contribution in [0.4, 0.5) is 0 Å². The fourth-order valence-electron chi connectivity index (χ4n) is 1.98. The highest BCUT2D eigenvalue weighted by Gasteiger charge is 2.10. The van der Waals surface area contributed by atoms with E-state index in [1.807, 2.05) is 18.2 Å². The first kappa shape index (κ1) is 11.5. The van der Waals surface area contributed by atoms with Crippen molar-refractivity contribution in [3.63, 3.8) is 0 Å². The Bertz CT molecular complexity index is 594. The van der Waals surface area contributed by atoms with Gasteiger partial charge in [0.1, 0.15) is 11.3 Å². The second-order valence-corrected chi connectivity index (χ2v) is 5.20. The number of benzene rings is 1. The van der Waals surface area contributed by atoms with Crippen LogP contribution in [-0.2, 0) is 6.54 Å². The molecule has 0 aliphatic carbocycles. The Labute approximate surface area is 110 Å². The van der Waals surface area contributed by atoms with Crippen molar-refractivity contribution >= 4 is 22.3 Å². The van der Waals surface area contributed by atoms with E-state index in [9.17, 15) is 0 Å². The normalized spacial score (nSPS) is 12.9. The number of nitrogens with one attached hydrogen (secondary N) is 1. The molecule has 0 amide bonds. The van der Waals surface area contributed by atoms with Gasteiger partial charge in [0.15, 0.2) is 0 Å². The van der Waals surface area contributed by atoms with Crippen LogP contribution in [0.1, 0.15) is 24.3 Å². The molecule has 92 valence electrons. The molecule has 3 rings (SSSR count). The molecule has 3 aromatic rings. The van der Waals surface area contributed by atoms with Crippen LogP contribution in [0.15, 0.2) is 51.6 Å². The molecule has 3 heteroatoms. The number of thiophene rings is 1. The predicted octanol–water partition coefficient (Wildman–Crippen LogP) is 4.35. The van der Waals surface area contributed by atoms with Crippen molar-refractivity contribution in [3.8, 4) is 0 Å². The van der Waals surface area contributed by atoms with E-state index in [-0.39, 0.29) is 6.04 Å². The van der Waals surface area contributed by atoms with E-state index in [2.05, 4.69) is 41.2 Å². The van der Waals surface area contributed by atoms with Crippen molar-refractivity contribution in [1.29, 1.82) is 0 Å². The van der Waals surface area contributed by atoms with Gasteiger partial charge in [-0.25, -0.2) is 0 Å². The van der Waals surface area contributed by atoms with Crippen LogP contribution in [0, 0.1) is 0 Å². The molecule has 1 aromatic carbocycles. The van der Waals surface area contributed by atoms with Gasteiger partial charge in [0.2, 0.25) is 0 Å². The fraction of sp³-hybridized carbons (Fsp3) is 0.200. The third kappa shape index (κ3) is 2.33. The highest BCUT2D eigenvalue weighted by atomic mass is 32.1. The standard InChI is InChI=1S/C15H15NOS/c1-11(16-9-12-6-7-18-10-12)15-8-13-4-2-3-5-14(13)17-15/h2-8,10-11,16H,9H2,1H3. The van der Waals surface area contributed by atoms with Crippen LogP contribution < -0.4 is 5.32 Å². The van der Waals surface area contributed by atoms with Gasteiger partial charge in [-0.3, -0.25) is 0 Å². The average Bonchev–Trinajstić information content (AvgIpc) is 3.04. The predicted molar refractivity (Wildman–Crippen MR) is 75.8 cm³/mol. The topological polar surface area (TPSA) is 25.2 Å². The number of hydrogen-bond acceptors (Lipinski definition) is 3. The summed E-state index contributed by atoms with van der Waals surface area (Å²) >= 11 is 1.73. The molecule has 1 atom stereocenters. The summed E-state index contributed by atoms with van der Waals surface area (Å²) in [5.41, 5.74) is 2.28. The van der Waals surface area contributed by atoms with Gasteiger partial charge in [0.05, 0.1) is 6.04 Å². The summed E-state index contributed by atoms with van der Waals surface area (Å²) in [6.07, 6.45) is 0. The molecule has 0 saturated carbocycles. The van der Waals surface area contributed by atoms with E-state index < -0.39 is 0 Å². The Hall–Kier alpha value is -1.58. The molecular weight excluding hydrogens is 242 g/mol. The lowest BCUT2D eigenvalue weighted by Gasteiger charge is -2.09. The van der Waals surface area contributed by atoms with Gasteiger partial charge in [-0.05, 0) is 41.4 Å². The third-order valence-electron chi connectivity index (χ3n) is 3.06. The van der Waals surface area contributed by atoms with Crippen molar-refractivity contribution in [2.24, 2.45) is 0 Å². The molecule has 18 heavy (non-hydrogen) atoms. The van der Waals surface area contributed by atoms with Gasteiger partial charge in [-0.1, -0.05) is 18.2 Å². The summed E-state index contributed by atoms with van der Waals surface area (Å²) in [5, 5.41) is 8.90. The zero-order valence-corrected chi connectivity index (χ0v) is 11.0. The Morgan fingerprint density at radius 3 is 2.94 bits per heavy atom. The molecule has 0 aliphatic rings. The summed E-state index contributed by atoms with van der Waals surface area (Å²) < 4.78 is 5.84. The van der Waals surface area contributed by atoms with Gasteiger partial charge < -0.3 is 9.73 Å². The van der Waals surface area contributed by atoms with Gasteiger partial charge in [0.25, 0.3) is 0 Å². The van der Waals surface area contributed by atoms with E-state index in [1.54, 1.807) is 11.3 Å². The quantitative estimate of drug-likeness (QED) is 0.752. The van der Waals surface area contributed by atoms with E-state index in [0.29, 0.717) is 0 Å². The molecule has 2 nitrogen and oxygen atoms in total. The van der Waals surface area contributed by atoms with Crippen LogP contribution in [-0.4, -0.2) is 0 Å². The van der Waals surface area contributed by atoms with E-state index >= 15 is 0 Å². The molecule has 0 fully saturated rings. The number of fused-ring (bicyclic) bond motifs is 1. The van der Waals surface area contributed by atoms with Gasteiger partial charge in [-0.15, -0.1) is 0 Å². The van der Waals surface area contributed by atoms with Gasteiger partial charge >= 0.3 is 0 Å². The molecule has 1 unspecified atom stereocenters. The maximum absolute atomic E-state index is 5.84. The zero-order valence-electron chi connectivity index (χ0n) is 10.2. The molecule has 0 bridgehead atoms. The second kappa shape index (κ2) is 4.96. The first-order chi connectivity index (χ1) is 8.83. The Morgan fingerprint density at radius 2 is 2.17 bits per heavy atom. The summed E-state index contributed by atoms with van der Waals surface area (Å²) in [6, 6.07) is 12.6. The molecule has 2 aromatic heterocycles. The molecular formula is C15H15NOS. The van der Waals surface area contributed by atoms with Crippen molar-refractivity contribution in [1.82, 2.24) is 5.32 Å². The lowest BCUT2D eigenvalue weighted by Crippen LogP contribution is -2.17. The van der Waals surface area contributed by atoms with Crippen LogP contribution in [0.3, 0.4) is 0 Å². The average molecular weight is 257 g/mol. The largest absolute Gasteiger partial charge is 0.459 e. The maximum Gasteiger partial charge on any atom is 0.134 e. The summed E-state index contributed by atoms with van der Waals surface area (Å²) in [6.45, 7) is 3.01. The SMILES string of the molecule is CC(NCc1ccsc1)c1cc2ccccc2o1. The summed E-state index contributed by atoms with van der Waals surface area (Å²) in [7, 11) is 0. The highest BCUT2D eigenvalue weighted by molar-refractivity contribution is 7.07. The lowest BCUT2D eigenvalue weighted by molar-refractivity contribution is 0.451. The summed E-state index contributed by atoms with van der Waals surface area (Å²) in [4.78, 5) is 0. The lowest BCUT2D eigenvalue weighted by atomic mass is 10.2. The number of rotatable bonds is 4. The Morgan fingerprint density at radius 1 is 1.28 bits per heavy atom. The van der Waals surface area contributed by atoms with Crippen molar-refractivity contribution in [2.45, 2.75) is 19.5 Å². The van der Waals surface area contributed by atoms with Gasteiger partial charge in [-0.2, -0.15) is 11.3 Å². The van der Waals surface area contributed by atoms with Crippen LogP contribution in [0.2, 0.25) is 0 Å². The minimum Gasteiger partial charge on any atom is -0.459 e. The molecule has 1 N–H and O–H groups in total. The molecule has 0 radical (unpaired) electrons. The van der Waals surface area contributed by atoms with Crippen LogP contribution >= 0.6 is 11.3 Å². The Balaban J connectivity index is 1.73. The fourth-order valence-corrected chi connectivity index (χ4v) is 2.65. The maximum atomic E-state index is 5.84. The van der Waals surface area contributed by atoms with Crippen molar-refractivity contribution in [3.05, 3.63) is 58.5 Å². The van der Waals surface area contributed by atoms with Gasteiger partial charge in [0, 0.05) is 11.9 Å². The number of hydrogen-bond donors (Lipinski definition) is 1. The minimum absolute atomic E-state index is 0.220. The Kier molecular flexibility index (Phi) is 3.17. The van der Waals surface area contributed by atoms with Crippen molar-refractivity contribution in [2.75, 3.05) is 0 Å². The number of para-hydroxylation sites is 1. The zero-order chi connectivity index (χ0) is 12.4. The van der Waals surface area contributed by atoms with Crippen LogP contribution in [0.5, 0.6) is 0 Å².